The van der Waals surface area contributed by atoms with Crippen LogP contribution in [0, 0.1) is 5.82 Å². The van der Waals surface area contributed by atoms with E-state index in [0.29, 0.717) is 22.7 Å². The average Bonchev–Trinajstić information content (AvgIpc) is 2.68. The highest BCUT2D eigenvalue weighted by molar-refractivity contribution is 6.30. The summed E-state index contributed by atoms with van der Waals surface area (Å²) in [6, 6.07) is 13.5. The van der Waals surface area contributed by atoms with Crippen LogP contribution >= 0.6 is 11.6 Å². The first-order chi connectivity index (χ1) is 13.8. The summed E-state index contributed by atoms with van der Waals surface area (Å²) in [5.74, 6) is -1.13. The molecule has 1 aromatic heterocycles. The lowest BCUT2D eigenvalue weighted by atomic mass is 10.1. The Bertz CT molecular complexity index is 1080. The second-order valence-electron chi connectivity index (χ2n) is 6.54. The third-order valence-corrected chi connectivity index (χ3v) is 4.45. The molecule has 0 aliphatic rings. The number of aromatic nitrogens is 2. The first-order valence-electron chi connectivity index (χ1n) is 8.97. The Labute approximate surface area is 171 Å². The third-order valence-electron chi connectivity index (χ3n) is 4.20. The fraction of sp³-hybridized carbons (Fsp3) is 0.190. The van der Waals surface area contributed by atoms with Gasteiger partial charge in [0.05, 0.1) is 17.5 Å². The quantitative estimate of drug-likeness (QED) is 0.647. The van der Waals surface area contributed by atoms with E-state index in [4.69, 9.17) is 11.6 Å². The van der Waals surface area contributed by atoms with Crippen molar-refractivity contribution in [1.29, 1.82) is 0 Å². The number of aliphatic hydroxyl groups is 1. The van der Waals surface area contributed by atoms with Crippen molar-refractivity contribution >= 4 is 17.5 Å². The van der Waals surface area contributed by atoms with Crippen LogP contribution in [0.25, 0.3) is 16.9 Å². The molecule has 1 atom stereocenters. The smallest absolute Gasteiger partial charge is 0.284 e. The van der Waals surface area contributed by atoms with Crippen LogP contribution in [0.15, 0.2) is 59.4 Å². The molecule has 2 N–H and O–H groups in total. The molecule has 1 heterocycles. The maximum absolute atomic E-state index is 13.7. The van der Waals surface area contributed by atoms with Crippen molar-refractivity contribution in [3.63, 3.8) is 0 Å². The molecule has 2 aromatic carbocycles. The Kier molecular flexibility index (Phi) is 6.41. The molecule has 150 valence electrons. The topological polar surface area (TPSA) is 84.2 Å². The predicted molar refractivity (Wildman–Crippen MR) is 109 cm³/mol. The molecule has 0 saturated heterocycles. The van der Waals surface area contributed by atoms with E-state index in [9.17, 15) is 19.1 Å². The van der Waals surface area contributed by atoms with Crippen LogP contribution in [0.5, 0.6) is 0 Å². The van der Waals surface area contributed by atoms with Crippen LogP contribution in [0.1, 0.15) is 23.7 Å². The molecule has 0 fully saturated rings. The van der Waals surface area contributed by atoms with E-state index in [0.717, 1.165) is 10.7 Å². The summed E-state index contributed by atoms with van der Waals surface area (Å²) >= 11 is 5.93. The van der Waals surface area contributed by atoms with E-state index in [1.165, 1.54) is 24.3 Å². The van der Waals surface area contributed by atoms with Crippen LogP contribution in [-0.4, -0.2) is 33.4 Å². The molecule has 0 unspecified atom stereocenters. The van der Waals surface area contributed by atoms with Crippen LogP contribution in [-0.2, 0) is 0 Å². The normalized spacial score (nSPS) is 11.9. The second kappa shape index (κ2) is 8.98. The van der Waals surface area contributed by atoms with Crippen LogP contribution < -0.4 is 10.9 Å². The molecule has 0 radical (unpaired) electrons. The molecule has 3 rings (SSSR count). The Morgan fingerprint density at radius 1 is 1.24 bits per heavy atom. The van der Waals surface area contributed by atoms with Crippen molar-refractivity contribution in [2.45, 2.75) is 19.4 Å². The highest BCUT2D eigenvalue weighted by Crippen LogP contribution is 2.20. The van der Waals surface area contributed by atoms with E-state index >= 15 is 0 Å². The number of carbonyl (C=O) groups excluding carboxylic acids is 1. The number of nitrogens with one attached hydrogen (secondary N) is 1. The fourth-order valence-corrected chi connectivity index (χ4v) is 2.82. The van der Waals surface area contributed by atoms with Gasteiger partial charge in [0, 0.05) is 17.1 Å². The van der Waals surface area contributed by atoms with Gasteiger partial charge in [-0.1, -0.05) is 29.8 Å². The highest BCUT2D eigenvalue weighted by atomic mass is 35.5. The summed E-state index contributed by atoms with van der Waals surface area (Å²) in [7, 11) is 0. The summed E-state index contributed by atoms with van der Waals surface area (Å²) < 4.78 is 14.7. The number of aliphatic hydroxyl groups excluding tert-OH is 1. The lowest BCUT2D eigenvalue weighted by Gasteiger charge is -2.12. The number of halogens is 2. The molecule has 29 heavy (non-hydrogen) atoms. The van der Waals surface area contributed by atoms with Crippen LogP contribution in [0.4, 0.5) is 4.39 Å². The van der Waals surface area contributed by atoms with Gasteiger partial charge in [0.15, 0.2) is 0 Å². The van der Waals surface area contributed by atoms with E-state index in [2.05, 4.69) is 10.4 Å². The minimum absolute atomic E-state index is 0.139. The van der Waals surface area contributed by atoms with Gasteiger partial charge in [-0.2, -0.15) is 9.78 Å². The summed E-state index contributed by atoms with van der Waals surface area (Å²) in [5.41, 5.74) is 0.371. The number of hydrogen-bond donors (Lipinski definition) is 2. The van der Waals surface area contributed by atoms with Gasteiger partial charge >= 0.3 is 0 Å². The Balaban J connectivity index is 2.10. The van der Waals surface area contributed by atoms with Gasteiger partial charge in [0.2, 0.25) is 0 Å². The lowest BCUT2D eigenvalue weighted by Crippen LogP contribution is -2.35. The van der Waals surface area contributed by atoms with Crippen molar-refractivity contribution in [2.24, 2.45) is 0 Å². The maximum Gasteiger partial charge on any atom is 0.284 e. The molecular weight excluding hydrogens is 397 g/mol. The number of carbonyl (C=O) groups is 1. The van der Waals surface area contributed by atoms with Crippen molar-refractivity contribution in [2.75, 3.05) is 6.54 Å². The number of hydrogen-bond acceptors (Lipinski definition) is 4. The summed E-state index contributed by atoms with van der Waals surface area (Å²) in [6.07, 6.45) is -0.236. The van der Waals surface area contributed by atoms with Gasteiger partial charge in [0.1, 0.15) is 11.4 Å². The molecule has 3 aromatic rings. The third kappa shape index (κ3) is 5.07. The summed E-state index contributed by atoms with van der Waals surface area (Å²) in [6.45, 7) is 1.81. The standard InChI is InChI=1S/C21H19ClFN3O3/c1-13(27)9-10-24-20(28)18-12-19(14-5-7-15(22)8-6-14)25-26(21(18)29)17-4-2-3-16(23)11-17/h2-8,11-13,27H,9-10H2,1H3,(H,24,28)/t13-/m0/s1. The zero-order valence-corrected chi connectivity index (χ0v) is 16.4. The molecule has 1 amide bonds. The minimum atomic E-state index is -0.678. The Hall–Kier alpha value is -3.03. The summed E-state index contributed by atoms with van der Waals surface area (Å²) in [4.78, 5) is 25.5. The molecular formula is C21H19ClFN3O3. The number of rotatable bonds is 6. The summed E-state index contributed by atoms with van der Waals surface area (Å²) in [5, 5.41) is 16.8. The van der Waals surface area contributed by atoms with Gasteiger partial charge in [0.25, 0.3) is 11.5 Å². The highest BCUT2D eigenvalue weighted by Gasteiger charge is 2.17. The molecule has 0 bridgehead atoms. The molecule has 6 nitrogen and oxygen atoms in total. The van der Waals surface area contributed by atoms with Gasteiger partial charge in [-0.05, 0) is 49.7 Å². The van der Waals surface area contributed by atoms with Crippen molar-refractivity contribution in [3.8, 4) is 16.9 Å². The Morgan fingerprint density at radius 3 is 2.62 bits per heavy atom. The number of benzene rings is 2. The minimum Gasteiger partial charge on any atom is -0.393 e. The van der Waals surface area contributed by atoms with E-state index in [-0.39, 0.29) is 17.8 Å². The molecule has 0 saturated carbocycles. The van der Waals surface area contributed by atoms with Crippen molar-refractivity contribution < 1.29 is 14.3 Å². The zero-order chi connectivity index (χ0) is 21.0. The molecule has 0 aliphatic heterocycles. The van der Waals surface area contributed by atoms with E-state index < -0.39 is 23.4 Å². The fourth-order valence-electron chi connectivity index (χ4n) is 2.69. The van der Waals surface area contributed by atoms with Crippen molar-refractivity contribution in [1.82, 2.24) is 15.1 Å². The van der Waals surface area contributed by atoms with E-state index in [1.807, 2.05) is 0 Å². The second-order valence-corrected chi connectivity index (χ2v) is 6.98. The van der Waals surface area contributed by atoms with Crippen molar-refractivity contribution in [3.05, 3.63) is 81.4 Å². The molecule has 8 heteroatoms. The van der Waals surface area contributed by atoms with Crippen LogP contribution in [0.3, 0.4) is 0 Å². The molecule has 0 aliphatic carbocycles. The maximum atomic E-state index is 13.7. The van der Waals surface area contributed by atoms with Gasteiger partial charge in [-0.15, -0.1) is 0 Å². The number of amides is 1. The van der Waals surface area contributed by atoms with Gasteiger partial charge in [-0.25, -0.2) is 4.39 Å². The van der Waals surface area contributed by atoms with E-state index in [1.54, 1.807) is 31.2 Å². The first kappa shape index (κ1) is 20.7. The number of nitrogens with zero attached hydrogens (tertiary/aromatic N) is 2. The average molecular weight is 416 g/mol. The van der Waals surface area contributed by atoms with Gasteiger partial charge < -0.3 is 10.4 Å². The van der Waals surface area contributed by atoms with Gasteiger partial charge in [-0.3, -0.25) is 9.59 Å². The lowest BCUT2D eigenvalue weighted by molar-refractivity contribution is 0.0943. The monoisotopic (exact) mass is 415 g/mol. The van der Waals surface area contributed by atoms with Crippen LogP contribution in [0.2, 0.25) is 5.02 Å². The first-order valence-corrected chi connectivity index (χ1v) is 9.35. The molecule has 0 spiro atoms. The zero-order valence-electron chi connectivity index (χ0n) is 15.6. The largest absolute Gasteiger partial charge is 0.393 e. The Morgan fingerprint density at radius 2 is 1.97 bits per heavy atom. The SMILES string of the molecule is C[C@H](O)CCNC(=O)c1cc(-c2ccc(Cl)cc2)nn(-c2cccc(F)c2)c1=O. The predicted octanol–water partition coefficient (Wildman–Crippen LogP) is 3.19.